The quantitative estimate of drug-likeness (QED) is 0.697. The van der Waals surface area contributed by atoms with E-state index in [1.54, 1.807) is 0 Å². The molecule has 0 atom stereocenters. The van der Waals surface area contributed by atoms with E-state index in [0.29, 0.717) is 5.92 Å². The fourth-order valence-electron chi connectivity index (χ4n) is 1.44. The number of aromatic nitrogens is 1. The van der Waals surface area contributed by atoms with Crippen LogP contribution in [-0.2, 0) is 0 Å². The maximum atomic E-state index is 4.42. The van der Waals surface area contributed by atoms with Gasteiger partial charge in [0.1, 0.15) is 0 Å². The molecule has 0 spiro atoms. The van der Waals surface area contributed by atoms with Gasteiger partial charge in [-0.2, -0.15) is 0 Å². The van der Waals surface area contributed by atoms with Crippen LogP contribution in [0, 0.1) is 0 Å². The Labute approximate surface area is 84.4 Å². The monoisotopic (exact) mass is 186 g/mol. The Bertz CT molecular complexity index is 372. The van der Waals surface area contributed by atoms with E-state index in [1.807, 2.05) is 12.4 Å². The zero-order valence-electron chi connectivity index (χ0n) is 8.57. The van der Waals surface area contributed by atoms with Gasteiger partial charge in [-0.05, 0) is 17.5 Å². The van der Waals surface area contributed by atoms with E-state index in [1.165, 1.54) is 5.56 Å². The lowest BCUT2D eigenvalue weighted by Crippen LogP contribution is -1.92. The molecule has 0 fully saturated rings. The smallest absolute Gasteiger partial charge is 0.0714 e. The summed E-state index contributed by atoms with van der Waals surface area (Å²) < 4.78 is 0. The first-order chi connectivity index (χ1) is 6.77. The van der Waals surface area contributed by atoms with Crippen molar-refractivity contribution in [3.05, 3.63) is 35.7 Å². The van der Waals surface area contributed by atoms with E-state index in [4.69, 9.17) is 0 Å². The summed E-state index contributed by atoms with van der Waals surface area (Å²) in [6.07, 6.45) is 5.93. The molecule has 2 rings (SSSR count). The molecule has 0 aliphatic carbocycles. The van der Waals surface area contributed by atoms with Gasteiger partial charge in [-0.3, -0.25) is 9.98 Å². The van der Waals surface area contributed by atoms with Gasteiger partial charge in [-0.15, -0.1) is 0 Å². The van der Waals surface area contributed by atoms with E-state index >= 15 is 0 Å². The molecule has 1 aliphatic heterocycles. The largest absolute Gasteiger partial charge is 0.288 e. The Kier molecular flexibility index (Phi) is 2.44. The second kappa shape index (κ2) is 3.74. The fourth-order valence-corrected chi connectivity index (χ4v) is 1.44. The number of hydrogen-bond donors (Lipinski definition) is 0. The van der Waals surface area contributed by atoms with Gasteiger partial charge in [0.15, 0.2) is 0 Å². The average molecular weight is 186 g/mol. The van der Waals surface area contributed by atoms with Gasteiger partial charge in [0.05, 0.1) is 12.2 Å². The lowest BCUT2D eigenvalue weighted by Gasteiger charge is -2.05. The Morgan fingerprint density at radius 2 is 2.14 bits per heavy atom. The number of aliphatic imine (C=N–C) groups is 1. The van der Waals surface area contributed by atoms with Crippen molar-refractivity contribution in [3.8, 4) is 0 Å². The molecular weight excluding hydrogens is 172 g/mol. The van der Waals surface area contributed by atoms with Gasteiger partial charge in [0.25, 0.3) is 0 Å². The van der Waals surface area contributed by atoms with E-state index in [-0.39, 0.29) is 0 Å². The first-order valence-electron chi connectivity index (χ1n) is 4.93. The van der Waals surface area contributed by atoms with Crippen LogP contribution in [0.15, 0.2) is 29.4 Å². The normalized spacial score (nSPS) is 14.9. The summed E-state index contributed by atoms with van der Waals surface area (Å²) in [7, 11) is 0. The molecule has 2 heterocycles. The first-order valence-corrected chi connectivity index (χ1v) is 4.93. The minimum Gasteiger partial charge on any atom is -0.288 e. The maximum absolute atomic E-state index is 4.42. The summed E-state index contributed by atoms with van der Waals surface area (Å²) in [5.41, 5.74) is 3.44. The molecule has 1 aliphatic rings. The average Bonchev–Trinajstić information content (AvgIpc) is 2.71. The van der Waals surface area contributed by atoms with Crippen LogP contribution in [0.3, 0.4) is 0 Å². The lowest BCUT2D eigenvalue weighted by atomic mass is 10.0. The number of hydrogen-bond acceptors (Lipinski definition) is 2. The van der Waals surface area contributed by atoms with Crippen molar-refractivity contribution in [1.29, 1.82) is 0 Å². The van der Waals surface area contributed by atoms with Crippen molar-refractivity contribution in [2.45, 2.75) is 19.8 Å². The van der Waals surface area contributed by atoms with Crippen LogP contribution in [0.5, 0.6) is 0 Å². The highest BCUT2D eigenvalue weighted by Gasteiger charge is 2.05. The van der Waals surface area contributed by atoms with Crippen molar-refractivity contribution >= 4 is 11.8 Å². The van der Waals surface area contributed by atoms with Crippen LogP contribution < -0.4 is 0 Å². The van der Waals surface area contributed by atoms with Gasteiger partial charge < -0.3 is 0 Å². The van der Waals surface area contributed by atoms with Crippen LogP contribution in [0.2, 0.25) is 0 Å². The van der Waals surface area contributed by atoms with E-state index < -0.39 is 0 Å². The second-order valence-electron chi connectivity index (χ2n) is 3.79. The molecule has 14 heavy (non-hydrogen) atoms. The molecule has 0 saturated carbocycles. The van der Waals surface area contributed by atoms with E-state index in [9.17, 15) is 0 Å². The van der Waals surface area contributed by atoms with Crippen LogP contribution in [0.4, 0.5) is 0 Å². The molecule has 1 aromatic heterocycles. The van der Waals surface area contributed by atoms with Gasteiger partial charge in [0.2, 0.25) is 0 Å². The molecule has 2 nitrogen and oxygen atoms in total. The molecule has 2 heteroatoms. The van der Waals surface area contributed by atoms with E-state index in [0.717, 1.165) is 17.8 Å². The number of rotatable bonds is 2. The topological polar surface area (TPSA) is 25.2 Å². The van der Waals surface area contributed by atoms with Crippen LogP contribution in [-0.4, -0.2) is 17.7 Å². The van der Waals surface area contributed by atoms with Crippen molar-refractivity contribution < 1.29 is 0 Å². The summed E-state index contributed by atoms with van der Waals surface area (Å²) in [5, 5.41) is 0. The summed E-state index contributed by atoms with van der Waals surface area (Å²) in [4.78, 5) is 8.56. The van der Waals surface area contributed by atoms with Crippen LogP contribution in [0.1, 0.15) is 31.0 Å². The minimum atomic E-state index is 0.544. The molecule has 0 unspecified atom stereocenters. The van der Waals surface area contributed by atoms with Crippen molar-refractivity contribution in [3.63, 3.8) is 0 Å². The summed E-state index contributed by atoms with van der Waals surface area (Å²) in [6.45, 7) is 5.14. The van der Waals surface area contributed by atoms with Gasteiger partial charge in [-0.1, -0.05) is 26.0 Å². The molecule has 0 aromatic carbocycles. The summed E-state index contributed by atoms with van der Waals surface area (Å²) in [5.74, 6) is 0.544. The predicted octanol–water partition coefficient (Wildman–Crippen LogP) is 2.67. The zero-order valence-corrected chi connectivity index (χ0v) is 8.57. The van der Waals surface area contributed by atoms with Crippen LogP contribution >= 0.6 is 0 Å². The molecule has 0 N–H and O–H groups in total. The number of nitrogens with zero attached hydrogens (tertiary/aromatic N) is 2. The Balaban J connectivity index is 2.26. The van der Waals surface area contributed by atoms with Crippen LogP contribution in [0.25, 0.3) is 5.57 Å². The summed E-state index contributed by atoms with van der Waals surface area (Å²) >= 11 is 0. The molecule has 72 valence electrons. The van der Waals surface area contributed by atoms with Gasteiger partial charge >= 0.3 is 0 Å². The van der Waals surface area contributed by atoms with Gasteiger partial charge in [0, 0.05) is 18.0 Å². The highest BCUT2D eigenvalue weighted by molar-refractivity contribution is 6.10. The Hall–Kier alpha value is -1.44. The third-order valence-electron chi connectivity index (χ3n) is 2.40. The zero-order chi connectivity index (χ0) is 9.97. The maximum Gasteiger partial charge on any atom is 0.0714 e. The SMILES string of the molecule is CC(C)c1ccc(C2=CCN=C2)nc1. The number of pyridine rings is 1. The molecule has 0 bridgehead atoms. The van der Waals surface area contributed by atoms with Crippen molar-refractivity contribution in [2.75, 3.05) is 6.54 Å². The highest BCUT2D eigenvalue weighted by atomic mass is 14.7. The Morgan fingerprint density at radius 3 is 2.64 bits per heavy atom. The molecule has 1 aromatic rings. The third-order valence-corrected chi connectivity index (χ3v) is 2.40. The fraction of sp³-hybridized carbons (Fsp3) is 0.333. The van der Waals surface area contributed by atoms with E-state index in [2.05, 4.69) is 42.0 Å². The predicted molar refractivity (Wildman–Crippen MR) is 59.7 cm³/mol. The first kappa shape index (κ1) is 9.13. The molecule has 0 saturated heterocycles. The lowest BCUT2D eigenvalue weighted by molar-refractivity contribution is 0.857. The molecule has 0 radical (unpaired) electrons. The standard InChI is InChI=1S/C12H14N2/c1-9(2)10-3-4-12(14-8-10)11-5-6-13-7-11/h3-5,7-9H,6H2,1-2H3. The molecule has 0 amide bonds. The number of allylic oxidation sites excluding steroid dienone is 1. The van der Waals surface area contributed by atoms with Crippen molar-refractivity contribution in [1.82, 2.24) is 4.98 Å². The highest BCUT2D eigenvalue weighted by Crippen LogP contribution is 2.17. The van der Waals surface area contributed by atoms with Gasteiger partial charge in [-0.25, -0.2) is 0 Å². The minimum absolute atomic E-state index is 0.544. The van der Waals surface area contributed by atoms with Crippen molar-refractivity contribution in [2.24, 2.45) is 4.99 Å². The Morgan fingerprint density at radius 1 is 1.29 bits per heavy atom. The molecular formula is C12H14N2. The summed E-state index contributed by atoms with van der Waals surface area (Å²) in [6, 6.07) is 4.21. The third kappa shape index (κ3) is 1.74. The second-order valence-corrected chi connectivity index (χ2v) is 3.79.